The van der Waals surface area contributed by atoms with Crippen LogP contribution in [0, 0.1) is 20.8 Å². The van der Waals surface area contributed by atoms with Gasteiger partial charge in [-0.25, -0.2) is 4.98 Å². The van der Waals surface area contributed by atoms with Crippen molar-refractivity contribution < 1.29 is 4.74 Å². The normalized spacial score (nSPS) is 15.4. The Morgan fingerprint density at radius 1 is 1.06 bits per heavy atom. The molecule has 3 aromatic rings. The third-order valence-electron chi connectivity index (χ3n) is 6.90. The van der Waals surface area contributed by atoms with Gasteiger partial charge >= 0.3 is 0 Å². The summed E-state index contributed by atoms with van der Waals surface area (Å²) >= 11 is 0. The summed E-state index contributed by atoms with van der Waals surface area (Å²) in [6.07, 6.45) is 6.20. The van der Waals surface area contributed by atoms with Crippen molar-refractivity contribution in [1.82, 2.24) is 29.3 Å². The molecule has 4 heterocycles. The second-order valence-corrected chi connectivity index (χ2v) is 9.07. The van der Waals surface area contributed by atoms with Crippen LogP contribution in [0.4, 0.5) is 5.95 Å². The zero-order chi connectivity index (χ0) is 23.5. The number of pyridine rings is 1. The highest BCUT2D eigenvalue weighted by molar-refractivity contribution is 5.83. The van der Waals surface area contributed by atoms with Crippen molar-refractivity contribution in [3.8, 4) is 5.75 Å². The topological polar surface area (TPSA) is 85.3 Å². The molecule has 33 heavy (non-hydrogen) atoms. The van der Waals surface area contributed by atoms with Crippen LogP contribution in [-0.4, -0.2) is 75.7 Å². The number of nitrogens with zero attached hydrogens (tertiary/aromatic N) is 6. The lowest BCUT2D eigenvalue weighted by molar-refractivity contribution is 0.136. The summed E-state index contributed by atoms with van der Waals surface area (Å²) in [4.78, 5) is 18.9. The third kappa shape index (κ3) is 4.96. The molecule has 4 rings (SSSR count). The summed E-state index contributed by atoms with van der Waals surface area (Å²) in [5.41, 5.74) is 12.2. The maximum Gasteiger partial charge on any atom is 0.222 e. The van der Waals surface area contributed by atoms with Crippen LogP contribution in [0.1, 0.15) is 41.4 Å². The number of hydrogen-bond acceptors (Lipinski definition) is 7. The molecule has 8 heteroatoms. The van der Waals surface area contributed by atoms with E-state index in [0.29, 0.717) is 12.5 Å². The Kier molecular flexibility index (Phi) is 7.14. The van der Waals surface area contributed by atoms with E-state index in [-0.39, 0.29) is 0 Å². The van der Waals surface area contributed by atoms with Crippen LogP contribution in [-0.2, 0) is 13.0 Å². The van der Waals surface area contributed by atoms with E-state index in [1.807, 2.05) is 20.0 Å². The van der Waals surface area contributed by atoms with Crippen LogP contribution < -0.4 is 10.5 Å². The fourth-order valence-electron chi connectivity index (χ4n) is 5.00. The van der Waals surface area contributed by atoms with Crippen molar-refractivity contribution in [1.29, 1.82) is 0 Å². The van der Waals surface area contributed by atoms with Crippen molar-refractivity contribution in [2.45, 2.75) is 47.1 Å². The molecule has 178 valence electrons. The van der Waals surface area contributed by atoms with Gasteiger partial charge in [0, 0.05) is 55.1 Å². The quantitative estimate of drug-likeness (QED) is 0.563. The monoisotopic (exact) mass is 451 g/mol. The molecular weight excluding hydrogens is 414 g/mol. The van der Waals surface area contributed by atoms with Gasteiger partial charge in [0.1, 0.15) is 11.4 Å². The minimum atomic E-state index is 0.311. The fourth-order valence-corrected chi connectivity index (χ4v) is 5.00. The number of likely N-dealkylation sites (N-methyl/N-ethyl adjacent to an activating group) is 1. The van der Waals surface area contributed by atoms with Crippen molar-refractivity contribution in [2.24, 2.45) is 0 Å². The number of rotatable bonds is 8. The van der Waals surface area contributed by atoms with Crippen LogP contribution in [0.5, 0.6) is 5.75 Å². The number of aromatic nitrogens is 4. The van der Waals surface area contributed by atoms with Gasteiger partial charge < -0.3 is 24.8 Å². The summed E-state index contributed by atoms with van der Waals surface area (Å²) in [7, 11) is 1.71. The second kappa shape index (κ2) is 10.1. The Morgan fingerprint density at radius 3 is 2.48 bits per heavy atom. The largest absolute Gasteiger partial charge is 0.496 e. The summed E-state index contributed by atoms with van der Waals surface area (Å²) < 4.78 is 7.77. The molecule has 0 saturated carbocycles. The molecule has 3 aromatic heterocycles. The Morgan fingerprint density at radius 2 is 1.79 bits per heavy atom. The molecule has 0 spiro atoms. The van der Waals surface area contributed by atoms with Crippen LogP contribution in [0.2, 0.25) is 0 Å². The molecular formula is C25H37N7O. The van der Waals surface area contributed by atoms with E-state index in [4.69, 9.17) is 15.5 Å². The van der Waals surface area contributed by atoms with Crippen LogP contribution in [0.25, 0.3) is 11.0 Å². The van der Waals surface area contributed by atoms with Crippen molar-refractivity contribution in [3.05, 3.63) is 40.5 Å². The second-order valence-electron chi connectivity index (χ2n) is 9.07. The lowest BCUT2D eigenvalue weighted by Crippen LogP contribution is -2.46. The maximum absolute atomic E-state index is 6.03. The number of fused-ring (bicyclic) bond motifs is 1. The SMILES string of the molecule is CCN1CCN(CCCc2cn(Cc3ncc(C)c(OC)c3C)c3nc(N)nc(C)c23)CC1. The van der Waals surface area contributed by atoms with Gasteiger partial charge in [-0.3, -0.25) is 4.98 Å². The first-order valence-electron chi connectivity index (χ1n) is 12.0. The van der Waals surface area contributed by atoms with E-state index in [1.54, 1.807) is 7.11 Å². The summed E-state index contributed by atoms with van der Waals surface area (Å²) in [6, 6.07) is 0. The zero-order valence-corrected chi connectivity index (χ0v) is 20.7. The average molecular weight is 452 g/mol. The van der Waals surface area contributed by atoms with Gasteiger partial charge in [-0.15, -0.1) is 0 Å². The summed E-state index contributed by atoms with van der Waals surface area (Å²) in [5.74, 6) is 1.20. The molecule has 1 saturated heterocycles. The van der Waals surface area contributed by atoms with Crippen LogP contribution >= 0.6 is 0 Å². The smallest absolute Gasteiger partial charge is 0.222 e. The number of methoxy groups -OCH3 is 1. The predicted molar refractivity (Wildman–Crippen MR) is 133 cm³/mol. The highest BCUT2D eigenvalue weighted by Crippen LogP contribution is 2.28. The molecule has 0 amide bonds. The minimum absolute atomic E-state index is 0.311. The van der Waals surface area contributed by atoms with Crippen molar-refractivity contribution in [2.75, 3.05) is 52.1 Å². The first-order valence-corrected chi connectivity index (χ1v) is 12.0. The molecule has 1 fully saturated rings. The standard InChI is InChI=1S/C25H37N7O/c1-6-30-10-12-31(13-11-30)9-7-8-20-15-32(24-22(20)19(4)28-25(26)29-24)16-21-18(3)23(33-5)17(2)14-27-21/h14-15H,6-13,16H2,1-5H3,(H2,26,28,29). The molecule has 0 aliphatic carbocycles. The van der Waals surface area contributed by atoms with Gasteiger partial charge in [-0.1, -0.05) is 6.92 Å². The summed E-state index contributed by atoms with van der Waals surface area (Å²) in [6.45, 7) is 15.9. The highest BCUT2D eigenvalue weighted by Gasteiger charge is 2.18. The maximum atomic E-state index is 6.03. The molecule has 0 unspecified atom stereocenters. The highest BCUT2D eigenvalue weighted by atomic mass is 16.5. The van der Waals surface area contributed by atoms with E-state index in [0.717, 1.165) is 78.3 Å². The minimum Gasteiger partial charge on any atom is -0.496 e. The molecule has 1 aliphatic heterocycles. The number of nitrogens with two attached hydrogens (primary N) is 1. The first-order chi connectivity index (χ1) is 15.9. The van der Waals surface area contributed by atoms with Gasteiger partial charge in [0.05, 0.1) is 25.0 Å². The Labute approximate surface area is 196 Å². The van der Waals surface area contributed by atoms with E-state index in [2.05, 4.69) is 44.4 Å². The number of ether oxygens (including phenoxy) is 1. The molecule has 8 nitrogen and oxygen atoms in total. The molecule has 1 aliphatic rings. The number of piperazine rings is 1. The fraction of sp³-hybridized carbons (Fsp3) is 0.560. The Balaban J connectivity index is 1.56. The average Bonchev–Trinajstić information content (AvgIpc) is 3.14. The molecule has 2 N–H and O–H groups in total. The number of anilines is 1. The lowest BCUT2D eigenvalue weighted by atomic mass is 10.1. The van der Waals surface area contributed by atoms with E-state index in [9.17, 15) is 0 Å². The number of hydrogen-bond donors (Lipinski definition) is 1. The van der Waals surface area contributed by atoms with Gasteiger partial charge in [-0.05, 0) is 52.3 Å². The summed E-state index contributed by atoms with van der Waals surface area (Å²) in [5, 5.41) is 1.12. The Hall–Kier alpha value is -2.71. The van der Waals surface area contributed by atoms with Gasteiger partial charge in [0.2, 0.25) is 5.95 Å². The van der Waals surface area contributed by atoms with Crippen LogP contribution in [0.15, 0.2) is 12.4 Å². The molecule has 0 aromatic carbocycles. The third-order valence-corrected chi connectivity index (χ3v) is 6.90. The Bertz CT molecular complexity index is 1120. The van der Waals surface area contributed by atoms with Gasteiger partial charge in [0.15, 0.2) is 0 Å². The zero-order valence-electron chi connectivity index (χ0n) is 20.7. The van der Waals surface area contributed by atoms with E-state index in [1.165, 1.54) is 18.7 Å². The lowest BCUT2D eigenvalue weighted by Gasteiger charge is -2.33. The predicted octanol–water partition coefficient (Wildman–Crippen LogP) is 2.96. The molecule has 0 atom stereocenters. The van der Waals surface area contributed by atoms with Crippen LogP contribution in [0.3, 0.4) is 0 Å². The van der Waals surface area contributed by atoms with Gasteiger partial charge in [0.25, 0.3) is 0 Å². The number of nitrogen functional groups attached to an aromatic ring is 1. The molecule has 0 bridgehead atoms. The van der Waals surface area contributed by atoms with Crippen molar-refractivity contribution in [3.63, 3.8) is 0 Å². The van der Waals surface area contributed by atoms with E-state index >= 15 is 0 Å². The number of aryl methyl sites for hydroxylation is 3. The van der Waals surface area contributed by atoms with Crippen molar-refractivity contribution >= 4 is 17.0 Å². The molecule has 0 radical (unpaired) electrons. The van der Waals surface area contributed by atoms with Gasteiger partial charge in [-0.2, -0.15) is 4.98 Å². The van der Waals surface area contributed by atoms with E-state index < -0.39 is 0 Å². The first kappa shape index (κ1) is 23.4.